The first kappa shape index (κ1) is 14.3. The highest BCUT2D eigenvalue weighted by molar-refractivity contribution is 7.07. The van der Waals surface area contributed by atoms with Crippen LogP contribution in [0.4, 0.5) is 0 Å². The van der Waals surface area contributed by atoms with E-state index >= 15 is 0 Å². The summed E-state index contributed by atoms with van der Waals surface area (Å²) >= 11 is 1.76. The van der Waals surface area contributed by atoms with Gasteiger partial charge in [0.1, 0.15) is 0 Å². The molecule has 1 N–H and O–H groups in total. The van der Waals surface area contributed by atoms with Crippen molar-refractivity contribution in [3.63, 3.8) is 0 Å². The zero-order valence-corrected chi connectivity index (χ0v) is 12.4. The Hall–Kier alpha value is -1.16. The van der Waals surface area contributed by atoms with Gasteiger partial charge in [0.25, 0.3) is 0 Å². The molecule has 0 fully saturated rings. The van der Waals surface area contributed by atoms with Crippen LogP contribution in [-0.2, 0) is 24.3 Å². The normalized spacial score (nSPS) is 12.5. The Morgan fingerprint density at radius 3 is 2.79 bits per heavy atom. The summed E-state index contributed by atoms with van der Waals surface area (Å²) in [5, 5.41) is 7.93. The second-order valence-electron chi connectivity index (χ2n) is 4.87. The average molecular weight is 275 g/mol. The van der Waals surface area contributed by atoms with Crippen molar-refractivity contribution < 1.29 is 4.74 Å². The maximum Gasteiger partial charge on any atom is 0.0713 e. The third kappa shape index (κ3) is 4.78. The third-order valence-corrected chi connectivity index (χ3v) is 3.81. The lowest BCUT2D eigenvalue weighted by Crippen LogP contribution is -2.27. The molecule has 19 heavy (non-hydrogen) atoms. The van der Waals surface area contributed by atoms with Gasteiger partial charge < -0.3 is 10.1 Å². The summed E-state index contributed by atoms with van der Waals surface area (Å²) in [6.07, 6.45) is 1.08. The van der Waals surface area contributed by atoms with Gasteiger partial charge in [0.05, 0.1) is 6.61 Å². The van der Waals surface area contributed by atoms with Crippen LogP contribution in [0.25, 0.3) is 0 Å². The summed E-state index contributed by atoms with van der Waals surface area (Å²) < 4.78 is 5.16. The summed E-state index contributed by atoms with van der Waals surface area (Å²) in [5.74, 6) is 0. The molecule has 1 aromatic heterocycles. The van der Waals surface area contributed by atoms with Gasteiger partial charge in [-0.1, -0.05) is 24.3 Å². The minimum absolute atomic E-state index is 0.487. The van der Waals surface area contributed by atoms with Gasteiger partial charge in [0.15, 0.2) is 0 Å². The van der Waals surface area contributed by atoms with Gasteiger partial charge in [-0.3, -0.25) is 0 Å². The van der Waals surface area contributed by atoms with Crippen molar-refractivity contribution in [3.05, 3.63) is 57.8 Å². The predicted molar refractivity (Wildman–Crippen MR) is 81.5 cm³/mol. The molecule has 0 amide bonds. The Labute approximate surface area is 119 Å². The second-order valence-corrected chi connectivity index (χ2v) is 5.65. The van der Waals surface area contributed by atoms with Gasteiger partial charge >= 0.3 is 0 Å². The van der Waals surface area contributed by atoms with E-state index in [9.17, 15) is 0 Å². The molecule has 0 aliphatic rings. The maximum atomic E-state index is 5.16. The molecule has 0 saturated carbocycles. The van der Waals surface area contributed by atoms with Gasteiger partial charge in [-0.15, -0.1) is 0 Å². The molecule has 0 bridgehead atoms. The summed E-state index contributed by atoms with van der Waals surface area (Å²) in [5.41, 5.74) is 3.96. The smallest absolute Gasteiger partial charge is 0.0713 e. The molecule has 0 radical (unpaired) electrons. The Bertz CT molecular complexity index is 481. The van der Waals surface area contributed by atoms with Gasteiger partial charge in [-0.25, -0.2) is 0 Å². The van der Waals surface area contributed by atoms with E-state index in [0.29, 0.717) is 12.6 Å². The number of ether oxygens (including phenoxy) is 1. The highest BCUT2D eigenvalue weighted by Crippen LogP contribution is 2.10. The van der Waals surface area contributed by atoms with E-state index in [4.69, 9.17) is 4.74 Å². The van der Waals surface area contributed by atoms with Crippen molar-refractivity contribution in [2.75, 3.05) is 7.11 Å². The van der Waals surface area contributed by atoms with E-state index in [1.807, 2.05) is 0 Å². The van der Waals surface area contributed by atoms with Gasteiger partial charge in [-0.05, 0) is 46.9 Å². The summed E-state index contributed by atoms with van der Waals surface area (Å²) in [6.45, 7) is 3.82. The highest BCUT2D eigenvalue weighted by Gasteiger charge is 2.04. The molecule has 1 aromatic carbocycles. The van der Waals surface area contributed by atoms with E-state index in [0.717, 1.165) is 13.0 Å². The fourth-order valence-corrected chi connectivity index (χ4v) is 2.80. The first-order valence-electron chi connectivity index (χ1n) is 6.59. The van der Waals surface area contributed by atoms with Crippen LogP contribution in [0.3, 0.4) is 0 Å². The van der Waals surface area contributed by atoms with E-state index in [-0.39, 0.29) is 0 Å². The third-order valence-electron chi connectivity index (χ3n) is 3.08. The first-order valence-corrected chi connectivity index (χ1v) is 7.53. The van der Waals surface area contributed by atoms with Crippen LogP contribution in [0, 0.1) is 0 Å². The quantitative estimate of drug-likeness (QED) is 0.833. The number of thiophene rings is 1. The molecule has 1 unspecified atom stereocenters. The van der Waals surface area contributed by atoms with Crippen LogP contribution >= 0.6 is 11.3 Å². The lowest BCUT2D eigenvalue weighted by Gasteiger charge is -2.13. The van der Waals surface area contributed by atoms with E-state index < -0.39 is 0 Å². The number of methoxy groups -OCH3 is 1. The maximum absolute atomic E-state index is 5.16. The van der Waals surface area contributed by atoms with Crippen LogP contribution in [0.5, 0.6) is 0 Å². The molecule has 0 aliphatic carbocycles. The number of hydrogen-bond donors (Lipinski definition) is 1. The lowest BCUT2D eigenvalue weighted by atomic mass is 10.1. The van der Waals surface area contributed by atoms with Crippen LogP contribution in [-0.4, -0.2) is 13.2 Å². The Balaban J connectivity index is 1.82. The Morgan fingerprint density at radius 2 is 2.05 bits per heavy atom. The second kappa shape index (κ2) is 7.43. The molecule has 1 atom stereocenters. The van der Waals surface area contributed by atoms with Crippen molar-refractivity contribution >= 4 is 11.3 Å². The summed E-state index contributed by atoms with van der Waals surface area (Å²) in [4.78, 5) is 0. The predicted octanol–water partition coefficient (Wildman–Crippen LogP) is 3.62. The summed E-state index contributed by atoms with van der Waals surface area (Å²) in [6, 6.07) is 11.2. The van der Waals surface area contributed by atoms with Crippen molar-refractivity contribution in [3.8, 4) is 0 Å². The van der Waals surface area contributed by atoms with Crippen molar-refractivity contribution in [1.82, 2.24) is 5.32 Å². The molecule has 2 nitrogen and oxygen atoms in total. The monoisotopic (exact) mass is 275 g/mol. The molecule has 2 aromatic rings. The van der Waals surface area contributed by atoms with Gasteiger partial charge in [-0.2, -0.15) is 11.3 Å². The standard InChI is InChI=1S/C16H21NOS/c1-13(8-16-6-7-19-12-16)17-10-14-4-3-5-15(9-14)11-18-2/h3-7,9,12-13,17H,8,10-11H2,1-2H3. The number of hydrogen-bond acceptors (Lipinski definition) is 3. The van der Waals surface area contributed by atoms with Crippen molar-refractivity contribution in [2.45, 2.75) is 32.5 Å². The van der Waals surface area contributed by atoms with Crippen LogP contribution < -0.4 is 5.32 Å². The lowest BCUT2D eigenvalue weighted by molar-refractivity contribution is 0.185. The zero-order chi connectivity index (χ0) is 13.5. The van der Waals surface area contributed by atoms with Gasteiger partial charge in [0.2, 0.25) is 0 Å². The van der Waals surface area contributed by atoms with Crippen LogP contribution in [0.1, 0.15) is 23.6 Å². The Kier molecular flexibility index (Phi) is 5.58. The van der Waals surface area contributed by atoms with E-state index in [1.165, 1.54) is 16.7 Å². The highest BCUT2D eigenvalue weighted by atomic mass is 32.1. The molecule has 102 valence electrons. The minimum Gasteiger partial charge on any atom is -0.380 e. The number of benzene rings is 1. The molecule has 0 spiro atoms. The van der Waals surface area contributed by atoms with Crippen molar-refractivity contribution in [1.29, 1.82) is 0 Å². The van der Waals surface area contributed by atoms with E-state index in [2.05, 4.69) is 53.3 Å². The molecule has 0 aliphatic heterocycles. The molecule has 3 heteroatoms. The average Bonchev–Trinajstić information content (AvgIpc) is 2.90. The zero-order valence-electron chi connectivity index (χ0n) is 11.6. The Morgan fingerprint density at radius 1 is 1.21 bits per heavy atom. The summed E-state index contributed by atoms with van der Waals surface area (Å²) in [7, 11) is 1.73. The fraction of sp³-hybridized carbons (Fsp3) is 0.375. The molecular weight excluding hydrogens is 254 g/mol. The molecule has 2 rings (SSSR count). The fourth-order valence-electron chi connectivity index (χ4n) is 2.12. The largest absolute Gasteiger partial charge is 0.380 e. The van der Waals surface area contributed by atoms with Crippen LogP contribution in [0.2, 0.25) is 0 Å². The number of rotatable bonds is 7. The topological polar surface area (TPSA) is 21.3 Å². The minimum atomic E-state index is 0.487. The van der Waals surface area contributed by atoms with Crippen LogP contribution in [0.15, 0.2) is 41.1 Å². The van der Waals surface area contributed by atoms with E-state index in [1.54, 1.807) is 18.4 Å². The molecule has 1 heterocycles. The SMILES string of the molecule is COCc1cccc(CNC(C)Cc2ccsc2)c1. The first-order chi connectivity index (χ1) is 9.28. The molecular formula is C16H21NOS. The van der Waals surface area contributed by atoms with Gasteiger partial charge in [0, 0.05) is 19.7 Å². The molecule has 0 saturated heterocycles. The van der Waals surface area contributed by atoms with Crippen molar-refractivity contribution in [2.24, 2.45) is 0 Å². The number of nitrogens with one attached hydrogen (secondary N) is 1.